The first-order valence-electron chi connectivity index (χ1n) is 7.73. The molecule has 0 aromatic heterocycles. The van der Waals surface area contributed by atoms with E-state index in [9.17, 15) is 19.5 Å². The average molecular weight is 732 g/mol. The van der Waals surface area contributed by atoms with E-state index in [1.807, 2.05) is 34.7 Å². The van der Waals surface area contributed by atoms with Gasteiger partial charge in [-0.3, -0.25) is 19.3 Å². The van der Waals surface area contributed by atoms with Crippen molar-refractivity contribution in [1.82, 2.24) is 4.90 Å². The zero-order valence-corrected chi connectivity index (χ0v) is 21.2. The molecule has 2 aromatic rings. The first-order valence-corrected chi connectivity index (χ1v) is 11.8. The summed E-state index contributed by atoms with van der Waals surface area (Å²) in [4.78, 5) is 38.1. The number of carbonyl (C=O) groups is 3. The molecule has 0 saturated carbocycles. The number of anilines is 1. The third kappa shape index (κ3) is 5.18. The summed E-state index contributed by atoms with van der Waals surface area (Å²) < 4.78 is 2.56. The lowest BCUT2D eigenvalue weighted by atomic mass is 10.2. The molecule has 3 rings (SSSR count). The fraction of sp³-hybridized carbons (Fsp3) is 0.0556. The fourth-order valence-electron chi connectivity index (χ4n) is 2.35. The Hall–Kier alpha value is -0.870. The molecule has 1 fully saturated rings. The van der Waals surface area contributed by atoms with E-state index >= 15 is 0 Å². The predicted molar refractivity (Wildman–Crippen MR) is 134 cm³/mol. The molecule has 0 atom stereocenters. The molecule has 0 radical (unpaired) electrons. The maximum atomic E-state index is 12.6. The van der Waals surface area contributed by atoms with Crippen LogP contribution in [0.5, 0.6) is 5.75 Å². The molecule has 6 nitrogen and oxygen atoms in total. The molecule has 2 N–H and O–H groups in total. The highest BCUT2D eigenvalue weighted by atomic mass is 127. The normalized spacial score (nSPS) is 15.4. The van der Waals surface area contributed by atoms with Gasteiger partial charge in [-0.15, -0.1) is 0 Å². The molecule has 1 heterocycles. The number of thioether (sulfide) groups is 1. The second kappa shape index (κ2) is 9.30. The standard InChI is InChI=1S/C18H11I3N2O4S/c19-10-1-3-12(4-2-10)22-15(24)8-23-17(26)14(28-18(23)27)6-9-5-11(20)7-13(21)16(9)25/h1-7,25H,8H2,(H,22,24)/b14-6-. The zero-order valence-electron chi connectivity index (χ0n) is 13.9. The topological polar surface area (TPSA) is 86.7 Å². The number of phenolic OH excluding ortho intramolecular Hbond substituents is 1. The average Bonchev–Trinajstić information content (AvgIpc) is 2.88. The van der Waals surface area contributed by atoms with Crippen LogP contribution < -0.4 is 5.32 Å². The molecular weight excluding hydrogens is 721 g/mol. The minimum atomic E-state index is -0.555. The predicted octanol–water partition coefficient (Wildman–Crippen LogP) is 4.88. The zero-order chi connectivity index (χ0) is 20.4. The van der Waals surface area contributed by atoms with E-state index < -0.39 is 17.1 Å². The molecule has 28 heavy (non-hydrogen) atoms. The number of amides is 3. The van der Waals surface area contributed by atoms with Crippen molar-refractivity contribution in [2.75, 3.05) is 11.9 Å². The van der Waals surface area contributed by atoms with E-state index in [0.717, 1.165) is 23.8 Å². The quantitative estimate of drug-likeness (QED) is 0.346. The van der Waals surface area contributed by atoms with Gasteiger partial charge in [-0.25, -0.2) is 0 Å². The Bertz CT molecular complexity index is 1010. The summed E-state index contributed by atoms with van der Waals surface area (Å²) in [6.45, 7) is -0.371. The maximum Gasteiger partial charge on any atom is 0.294 e. The molecular formula is C18H11I3N2O4S. The van der Waals surface area contributed by atoms with Gasteiger partial charge in [-0.1, -0.05) is 0 Å². The lowest BCUT2D eigenvalue weighted by Crippen LogP contribution is -2.36. The van der Waals surface area contributed by atoms with Crippen LogP contribution in [-0.4, -0.2) is 33.6 Å². The summed E-state index contributed by atoms with van der Waals surface area (Å²) in [5.41, 5.74) is 1.04. The van der Waals surface area contributed by atoms with Crippen molar-refractivity contribution in [3.05, 3.63) is 57.6 Å². The number of aromatic hydroxyl groups is 1. The van der Waals surface area contributed by atoms with Crippen LogP contribution in [-0.2, 0) is 9.59 Å². The Morgan fingerprint density at radius 1 is 1.11 bits per heavy atom. The van der Waals surface area contributed by atoms with Crippen molar-refractivity contribution in [2.24, 2.45) is 0 Å². The minimum Gasteiger partial charge on any atom is -0.506 e. The number of hydrogen-bond donors (Lipinski definition) is 2. The lowest BCUT2D eigenvalue weighted by Gasteiger charge is -2.12. The lowest BCUT2D eigenvalue weighted by molar-refractivity contribution is -0.127. The molecule has 144 valence electrons. The second-order valence-electron chi connectivity index (χ2n) is 5.65. The monoisotopic (exact) mass is 732 g/mol. The van der Waals surface area contributed by atoms with Gasteiger partial charge in [0.05, 0.1) is 8.48 Å². The van der Waals surface area contributed by atoms with E-state index in [2.05, 4.69) is 50.5 Å². The molecule has 0 aliphatic carbocycles. The smallest absolute Gasteiger partial charge is 0.294 e. The van der Waals surface area contributed by atoms with Crippen molar-refractivity contribution in [3.8, 4) is 5.75 Å². The summed E-state index contributed by atoms with van der Waals surface area (Å²) in [6, 6.07) is 10.7. The van der Waals surface area contributed by atoms with Gasteiger partial charge in [0.2, 0.25) is 5.91 Å². The van der Waals surface area contributed by atoms with E-state index in [0.29, 0.717) is 14.8 Å². The minimum absolute atomic E-state index is 0.0456. The van der Waals surface area contributed by atoms with Crippen LogP contribution in [0.3, 0.4) is 0 Å². The number of nitrogens with zero attached hydrogens (tertiary/aromatic N) is 1. The van der Waals surface area contributed by atoms with Gasteiger partial charge in [0.1, 0.15) is 12.3 Å². The Balaban J connectivity index is 1.74. The van der Waals surface area contributed by atoms with Gasteiger partial charge < -0.3 is 10.4 Å². The molecule has 0 bridgehead atoms. The molecule has 2 aromatic carbocycles. The number of carbonyl (C=O) groups excluding carboxylic acids is 3. The van der Waals surface area contributed by atoms with E-state index in [4.69, 9.17) is 0 Å². The summed E-state index contributed by atoms with van der Waals surface area (Å²) in [5.74, 6) is -0.971. The fourth-order valence-corrected chi connectivity index (χ4v) is 5.43. The Kier molecular flexibility index (Phi) is 7.25. The molecule has 10 heteroatoms. The number of hydrogen-bond acceptors (Lipinski definition) is 5. The molecule has 1 saturated heterocycles. The highest BCUT2D eigenvalue weighted by molar-refractivity contribution is 14.1. The SMILES string of the molecule is O=C(CN1C(=O)S/C(=C\c2cc(I)cc(I)c2O)C1=O)Nc1ccc(I)cc1. The number of imide groups is 1. The van der Waals surface area contributed by atoms with Gasteiger partial charge in [-0.2, -0.15) is 0 Å². The van der Waals surface area contributed by atoms with E-state index in [1.165, 1.54) is 6.08 Å². The number of halogens is 3. The van der Waals surface area contributed by atoms with Gasteiger partial charge in [0.25, 0.3) is 11.1 Å². The van der Waals surface area contributed by atoms with Crippen LogP contribution in [0.1, 0.15) is 5.56 Å². The molecule has 0 spiro atoms. The third-order valence-corrected chi connectivity index (χ3v) is 6.72. The van der Waals surface area contributed by atoms with Crippen LogP contribution >= 0.6 is 79.5 Å². The molecule has 1 aliphatic rings. The van der Waals surface area contributed by atoms with Crippen LogP contribution in [0.25, 0.3) is 6.08 Å². The Morgan fingerprint density at radius 2 is 1.79 bits per heavy atom. The summed E-state index contributed by atoms with van der Waals surface area (Å²) in [6.07, 6.45) is 1.47. The van der Waals surface area contributed by atoms with Gasteiger partial charge in [0, 0.05) is 18.4 Å². The summed E-state index contributed by atoms with van der Waals surface area (Å²) in [5, 5.41) is 12.3. The van der Waals surface area contributed by atoms with Crippen molar-refractivity contribution in [2.45, 2.75) is 0 Å². The van der Waals surface area contributed by atoms with Gasteiger partial charge >= 0.3 is 0 Å². The van der Waals surface area contributed by atoms with Crippen LogP contribution in [0.15, 0.2) is 41.3 Å². The summed E-state index contributed by atoms with van der Waals surface area (Å²) in [7, 11) is 0. The van der Waals surface area contributed by atoms with Crippen molar-refractivity contribution >= 4 is 108 Å². The Labute approximate surface area is 205 Å². The van der Waals surface area contributed by atoms with Crippen molar-refractivity contribution in [3.63, 3.8) is 0 Å². The van der Waals surface area contributed by atoms with Crippen LogP contribution in [0.4, 0.5) is 10.5 Å². The maximum absolute atomic E-state index is 12.6. The first-order chi connectivity index (χ1) is 13.2. The largest absolute Gasteiger partial charge is 0.506 e. The molecule has 3 amide bonds. The summed E-state index contributed by atoms with van der Waals surface area (Å²) >= 11 is 7.01. The van der Waals surface area contributed by atoms with Crippen LogP contribution in [0.2, 0.25) is 0 Å². The van der Waals surface area contributed by atoms with Crippen LogP contribution in [0, 0.1) is 10.7 Å². The van der Waals surface area contributed by atoms with Crippen molar-refractivity contribution in [1.29, 1.82) is 0 Å². The number of nitrogens with one attached hydrogen (secondary N) is 1. The number of phenols is 1. The van der Waals surface area contributed by atoms with E-state index in [-0.39, 0.29) is 17.2 Å². The Morgan fingerprint density at radius 3 is 2.46 bits per heavy atom. The molecule has 0 unspecified atom stereocenters. The van der Waals surface area contributed by atoms with Gasteiger partial charge in [-0.05, 0) is 122 Å². The first kappa shape index (κ1) is 21.8. The van der Waals surface area contributed by atoms with E-state index in [1.54, 1.807) is 24.3 Å². The molecule has 1 aliphatic heterocycles. The van der Waals surface area contributed by atoms with Crippen molar-refractivity contribution < 1.29 is 19.5 Å². The highest BCUT2D eigenvalue weighted by Crippen LogP contribution is 2.35. The third-order valence-electron chi connectivity index (χ3n) is 3.65. The highest BCUT2D eigenvalue weighted by Gasteiger charge is 2.36. The second-order valence-corrected chi connectivity index (χ2v) is 10.3. The number of benzene rings is 2. The van der Waals surface area contributed by atoms with Gasteiger partial charge in [0.15, 0.2) is 0 Å². The number of rotatable bonds is 4.